The lowest BCUT2D eigenvalue weighted by atomic mass is 10.6. The van der Waals surface area contributed by atoms with E-state index in [9.17, 15) is 0 Å². The molecule has 0 aromatic carbocycles. The van der Waals surface area contributed by atoms with Crippen LogP contribution in [0.3, 0.4) is 0 Å². The number of hydrogen-bond donors (Lipinski definition) is 0. The number of methoxy groups -OCH3 is 1. The summed E-state index contributed by atoms with van der Waals surface area (Å²) in [6, 6.07) is 1.57. The van der Waals surface area contributed by atoms with Crippen molar-refractivity contribution in [3.8, 4) is 5.88 Å². The lowest BCUT2D eigenvalue weighted by molar-refractivity contribution is 0.396. The van der Waals surface area contributed by atoms with Gasteiger partial charge in [0.15, 0.2) is 0 Å². The number of hydrogen-bond acceptors (Lipinski definition) is 3. The second-order valence-electron chi connectivity index (χ2n) is 1.19. The van der Waals surface area contributed by atoms with Gasteiger partial charge in [0.25, 0.3) is 0 Å². The maximum atomic E-state index is 4.73. The number of rotatable bonds is 1. The first-order valence-electron chi connectivity index (χ1n) is 2.15. The van der Waals surface area contributed by atoms with Crippen molar-refractivity contribution in [3.05, 3.63) is 18.6 Å². The average molecular weight is 109 g/mol. The Morgan fingerprint density at radius 3 is 3.00 bits per heavy atom. The van der Waals surface area contributed by atoms with Crippen LogP contribution >= 0.6 is 0 Å². The molecule has 3 nitrogen and oxygen atoms in total. The molecule has 3 heteroatoms. The molecule has 0 aliphatic carbocycles. The zero-order valence-corrected chi connectivity index (χ0v) is 4.46. The van der Waals surface area contributed by atoms with E-state index in [0.717, 1.165) is 0 Å². The molecule has 0 N–H and O–H groups in total. The van der Waals surface area contributed by atoms with Crippen molar-refractivity contribution in [1.29, 1.82) is 0 Å². The van der Waals surface area contributed by atoms with Gasteiger partial charge in [0.1, 0.15) is 6.33 Å². The summed E-state index contributed by atoms with van der Waals surface area (Å²) in [7, 11) is 1.55. The summed E-state index contributed by atoms with van der Waals surface area (Å²) in [6.07, 6.45) is 3.96. The van der Waals surface area contributed by atoms with Crippen molar-refractivity contribution >= 4 is 0 Å². The van der Waals surface area contributed by atoms with Gasteiger partial charge in [-0.2, -0.15) is 0 Å². The Labute approximate surface area is 47.3 Å². The van der Waals surface area contributed by atoms with Crippen LogP contribution in [0.5, 0.6) is 5.88 Å². The van der Waals surface area contributed by atoms with Gasteiger partial charge >= 0.3 is 0 Å². The number of aromatic nitrogens is 2. The molecule has 0 aliphatic heterocycles. The second kappa shape index (κ2) is 2.26. The first-order chi connectivity index (χ1) is 3.93. The van der Waals surface area contributed by atoms with E-state index in [4.69, 9.17) is 4.74 Å². The highest BCUT2D eigenvalue weighted by Crippen LogP contribution is 1.97. The first kappa shape index (κ1) is 5.03. The third-order valence-electron chi connectivity index (χ3n) is 0.714. The molecule has 0 aliphatic rings. The van der Waals surface area contributed by atoms with Crippen molar-refractivity contribution in [1.82, 2.24) is 9.97 Å². The van der Waals surface area contributed by atoms with Crippen LogP contribution in [-0.2, 0) is 0 Å². The van der Waals surface area contributed by atoms with E-state index in [1.807, 2.05) is 0 Å². The largest absolute Gasteiger partial charge is 0.481 e. The molecule has 8 heavy (non-hydrogen) atoms. The van der Waals surface area contributed by atoms with Gasteiger partial charge in [0.2, 0.25) is 5.88 Å². The highest BCUT2D eigenvalue weighted by atomic mass is 16.5. The summed E-state index contributed by atoms with van der Waals surface area (Å²) in [5, 5.41) is 0. The third kappa shape index (κ3) is 0.932. The summed E-state index contributed by atoms with van der Waals surface area (Å²) in [4.78, 5) is 7.31. The van der Waals surface area contributed by atoms with E-state index in [2.05, 4.69) is 16.2 Å². The van der Waals surface area contributed by atoms with Crippen molar-refractivity contribution in [2.24, 2.45) is 0 Å². The van der Waals surface area contributed by atoms with Crippen molar-refractivity contribution in [2.75, 3.05) is 7.11 Å². The quantitative estimate of drug-likeness (QED) is 0.519. The Hall–Kier alpha value is -1.12. The van der Waals surface area contributed by atoms with Gasteiger partial charge in [-0.1, -0.05) is 0 Å². The van der Waals surface area contributed by atoms with Gasteiger partial charge in [-0.3, -0.25) is 0 Å². The summed E-state index contributed by atoms with van der Waals surface area (Å²) in [5.74, 6) is 0.542. The predicted molar refractivity (Wildman–Crippen MR) is 27.4 cm³/mol. The molecule has 0 atom stereocenters. The SMILES string of the molecule is COc1c[c]ncn1. The zero-order valence-electron chi connectivity index (χ0n) is 4.46. The minimum absolute atomic E-state index is 0.542. The third-order valence-corrected chi connectivity index (χ3v) is 0.714. The Kier molecular flexibility index (Phi) is 1.42. The first-order valence-corrected chi connectivity index (χ1v) is 2.15. The number of nitrogens with zero attached hydrogens (tertiary/aromatic N) is 2. The molecule has 0 amide bonds. The molecule has 0 bridgehead atoms. The highest BCUT2D eigenvalue weighted by molar-refractivity contribution is 5.02. The minimum atomic E-state index is 0.542. The predicted octanol–water partition coefficient (Wildman–Crippen LogP) is 0.285. The average Bonchev–Trinajstić information content (AvgIpc) is 1.90. The maximum absolute atomic E-state index is 4.73. The van der Waals surface area contributed by atoms with Crippen LogP contribution in [0.15, 0.2) is 12.4 Å². The molecular weight excluding hydrogens is 104 g/mol. The second-order valence-corrected chi connectivity index (χ2v) is 1.19. The van der Waals surface area contributed by atoms with Crippen LogP contribution in [-0.4, -0.2) is 17.1 Å². The van der Waals surface area contributed by atoms with Gasteiger partial charge < -0.3 is 4.74 Å². The summed E-state index contributed by atoms with van der Waals surface area (Å²) in [6.45, 7) is 0. The summed E-state index contributed by atoms with van der Waals surface area (Å²) in [5.41, 5.74) is 0. The monoisotopic (exact) mass is 109 g/mol. The molecule has 0 fully saturated rings. The van der Waals surface area contributed by atoms with E-state index >= 15 is 0 Å². The molecule has 1 aromatic rings. The maximum Gasteiger partial charge on any atom is 0.216 e. The molecule has 0 unspecified atom stereocenters. The fourth-order valence-corrected chi connectivity index (χ4v) is 0.360. The van der Waals surface area contributed by atoms with E-state index < -0.39 is 0 Å². The summed E-state index contributed by atoms with van der Waals surface area (Å²) < 4.78 is 4.73. The van der Waals surface area contributed by atoms with Crippen LogP contribution in [0.4, 0.5) is 0 Å². The standard InChI is InChI=1S/C5H5N2O/c1-8-5-2-3-6-4-7-5/h2,4H,1H3. The molecule has 41 valence electrons. The zero-order chi connectivity index (χ0) is 5.82. The fourth-order valence-electron chi connectivity index (χ4n) is 0.360. The Bertz CT molecular complexity index is 152. The van der Waals surface area contributed by atoms with Crippen LogP contribution in [0.1, 0.15) is 0 Å². The van der Waals surface area contributed by atoms with E-state index in [1.54, 1.807) is 13.2 Å². The van der Waals surface area contributed by atoms with E-state index in [0.29, 0.717) is 5.88 Å². The normalized spacial score (nSPS) is 8.62. The molecule has 1 aromatic heterocycles. The van der Waals surface area contributed by atoms with Crippen LogP contribution in [0, 0.1) is 6.20 Å². The van der Waals surface area contributed by atoms with Gasteiger partial charge in [0.05, 0.1) is 13.3 Å². The fraction of sp³-hybridized carbons (Fsp3) is 0.200. The van der Waals surface area contributed by atoms with Crippen molar-refractivity contribution in [2.45, 2.75) is 0 Å². The van der Waals surface area contributed by atoms with Crippen LogP contribution in [0.25, 0.3) is 0 Å². The molecule has 0 saturated heterocycles. The Balaban J connectivity index is 2.83. The minimum Gasteiger partial charge on any atom is -0.481 e. The molecular formula is C5H5N2O. The molecule has 0 spiro atoms. The highest BCUT2D eigenvalue weighted by Gasteiger charge is 1.83. The van der Waals surface area contributed by atoms with Crippen LogP contribution < -0.4 is 4.74 Å². The smallest absolute Gasteiger partial charge is 0.216 e. The topological polar surface area (TPSA) is 35.0 Å². The molecule has 0 saturated carbocycles. The number of ether oxygens (including phenoxy) is 1. The van der Waals surface area contributed by atoms with Gasteiger partial charge in [-0.05, 0) is 0 Å². The van der Waals surface area contributed by atoms with Gasteiger partial charge in [0, 0.05) is 6.07 Å². The van der Waals surface area contributed by atoms with Crippen LogP contribution in [0.2, 0.25) is 0 Å². The van der Waals surface area contributed by atoms with E-state index in [1.165, 1.54) is 6.33 Å². The summed E-state index contributed by atoms with van der Waals surface area (Å²) >= 11 is 0. The lowest BCUT2D eigenvalue weighted by Crippen LogP contribution is -1.85. The van der Waals surface area contributed by atoms with Gasteiger partial charge in [-0.15, -0.1) is 0 Å². The lowest BCUT2D eigenvalue weighted by Gasteiger charge is -1.91. The molecule has 1 heterocycles. The molecule has 1 radical (unpaired) electrons. The van der Waals surface area contributed by atoms with Gasteiger partial charge in [-0.25, -0.2) is 9.97 Å². The van der Waals surface area contributed by atoms with E-state index in [-0.39, 0.29) is 0 Å². The Morgan fingerprint density at radius 2 is 2.62 bits per heavy atom. The van der Waals surface area contributed by atoms with Crippen molar-refractivity contribution in [3.63, 3.8) is 0 Å². The van der Waals surface area contributed by atoms with Crippen molar-refractivity contribution < 1.29 is 4.74 Å². The molecule has 1 rings (SSSR count). The Morgan fingerprint density at radius 1 is 1.75 bits per heavy atom.